The summed E-state index contributed by atoms with van der Waals surface area (Å²) in [6, 6.07) is 4.46. The van der Waals surface area contributed by atoms with E-state index in [1.165, 1.54) is 0 Å². The van der Waals surface area contributed by atoms with Crippen LogP contribution in [0.2, 0.25) is 5.02 Å². The maximum absolute atomic E-state index is 5.75. The SMILES string of the molecule is CCNc1nc[c]cc1Cl. The van der Waals surface area contributed by atoms with Gasteiger partial charge in [0.15, 0.2) is 0 Å². The van der Waals surface area contributed by atoms with Crippen molar-refractivity contribution in [1.82, 2.24) is 4.98 Å². The first-order valence-corrected chi connectivity index (χ1v) is 3.48. The molecule has 3 heteroatoms. The highest BCUT2D eigenvalue weighted by atomic mass is 35.5. The van der Waals surface area contributed by atoms with Crippen LogP contribution in [-0.4, -0.2) is 11.5 Å². The van der Waals surface area contributed by atoms with Crippen LogP contribution >= 0.6 is 11.6 Å². The zero-order valence-corrected chi connectivity index (χ0v) is 6.44. The van der Waals surface area contributed by atoms with Crippen LogP contribution in [0.15, 0.2) is 12.3 Å². The Hall–Kier alpha value is -0.760. The van der Waals surface area contributed by atoms with E-state index in [1.54, 1.807) is 12.3 Å². The molecule has 0 unspecified atom stereocenters. The molecule has 0 aromatic carbocycles. The van der Waals surface area contributed by atoms with Crippen LogP contribution in [0.3, 0.4) is 0 Å². The van der Waals surface area contributed by atoms with E-state index in [1.807, 2.05) is 6.92 Å². The first-order chi connectivity index (χ1) is 4.84. The smallest absolute Gasteiger partial charge is 0.144 e. The molecule has 0 aliphatic rings. The second kappa shape index (κ2) is 3.42. The van der Waals surface area contributed by atoms with E-state index in [-0.39, 0.29) is 0 Å². The standard InChI is InChI=1S/C7H8ClN2/c1-2-9-7-6(8)4-3-5-10-7/h4-5H,2H2,1H3,(H,9,10). The molecule has 1 radical (unpaired) electrons. The van der Waals surface area contributed by atoms with Gasteiger partial charge in [0.2, 0.25) is 0 Å². The maximum atomic E-state index is 5.75. The normalized spacial score (nSPS) is 9.40. The molecule has 1 N–H and O–H groups in total. The molecular weight excluding hydrogens is 148 g/mol. The van der Waals surface area contributed by atoms with Crippen molar-refractivity contribution in [1.29, 1.82) is 0 Å². The Morgan fingerprint density at radius 3 is 3.20 bits per heavy atom. The Kier molecular flexibility index (Phi) is 2.51. The molecule has 0 saturated heterocycles. The molecule has 0 saturated carbocycles. The second-order valence-corrected chi connectivity index (χ2v) is 2.20. The third-order valence-corrected chi connectivity index (χ3v) is 1.34. The zero-order valence-electron chi connectivity index (χ0n) is 5.69. The highest BCUT2D eigenvalue weighted by Gasteiger charge is 1.95. The van der Waals surface area contributed by atoms with Gasteiger partial charge in [-0.1, -0.05) is 11.6 Å². The summed E-state index contributed by atoms with van der Waals surface area (Å²) in [6.07, 6.45) is 1.59. The largest absolute Gasteiger partial charge is 0.369 e. The molecule has 0 fully saturated rings. The number of rotatable bonds is 2. The van der Waals surface area contributed by atoms with Crippen molar-refractivity contribution in [2.45, 2.75) is 6.92 Å². The van der Waals surface area contributed by atoms with Crippen LogP contribution in [0.1, 0.15) is 6.92 Å². The number of nitrogens with zero attached hydrogens (tertiary/aromatic N) is 1. The average molecular weight is 156 g/mol. The predicted molar refractivity (Wildman–Crippen MR) is 42.2 cm³/mol. The minimum Gasteiger partial charge on any atom is -0.369 e. The van der Waals surface area contributed by atoms with Crippen molar-refractivity contribution in [3.05, 3.63) is 23.4 Å². The van der Waals surface area contributed by atoms with Crippen molar-refractivity contribution in [3.63, 3.8) is 0 Å². The van der Waals surface area contributed by atoms with Crippen LogP contribution < -0.4 is 5.32 Å². The first-order valence-electron chi connectivity index (χ1n) is 3.10. The van der Waals surface area contributed by atoms with Gasteiger partial charge >= 0.3 is 0 Å². The molecule has 1 aromatic rings. The van der Waals surface area contributed by atoms with Gasteiger partial charge in [-0.05, 0) is 13.0 Å². The summed E-state index contributed by atoms with van der Waals surface area (Å²) in [4.78, 5) is 3.97. The predicted octanol–water partition coefficient (Wildman–Crippen LogP) is 1.97. The molecule has 0 bridgehead atoms. The minimum absolute atomic E-state index is 0.615. The van der Waals surface area contributed by atoms with E-state index in [9.17, 15) is 0 Å². The van der Waals surface area contributed by atoms with Crippen LogP contribution in [0.4, 0.5) is 5.82 Å². The Labute approximate surface area is 65.2 Å². The van der Waals surface area contributed by atoms with Crippen LogP contribution in [0.25, 0.3) is 0 Å². The van der Waals surface area contributed by atoms with Gasteiger partial charge in [0, 0.05) is 18.8 Å². The summed E-state index contributed by atoms with van der Waals surface area (Å²) in [5.74, 6) is 0.725. The highest BCUT2D eigenvalue weighted by Crippen LogP contribution is 2.16. The van der Waals surface area contributed by atoms with E-state index < -0.39 is 0 Å². The monoisotopic (exact) mass is 155 g/mol. The molecule has 53 valence electrons. The van der Waals surface area contributed by atoms with Gasteiger partial charge in [0.05, 0.1) is 5.02 Å². The zero-order chi connectivity index (χ0) is 7.40. The highest BCUT2D eigenvalue weighted by molar-refractivity contribution is 6.32. The van der Waals surface area contributed by atoms with Gasteiger partial charge in [-0.25, -0.2) is 4.98 Å². The van der Waals surface area contributed by atoms with Crippen molar-refractivity contribution in [2.24, 2.45) is 0 Å². The summed E-state index contributed by atoms with van der Waals surface area (Å²) >= 11 is 5.75. The number of aromatic nitrogens is 1. The third-order valence-electron chi connectivity index (χ3n) is 1.05. The molecule has 1 heterocycles. The van der Waals surface area contributed by atoms with Gasteiger partial charge < -0.3 is 5.32 Å². The number of nitrogens with one attached hydrogen (secondary N) is 1. The second-order valence-electron chi connectivity index (χ2n) is 1.80. The van der Waals surface area contributed by atoms with E-state index >= 15 is 0 Å². The Morgan fingerprint density at radius 2 is 2.60 bits per heavy atom. The third kappa shape index (κ3) is 1.61. The minimum atomic E-state index is 0.615. The number of hydrogen-bond donors (Lipinski definition) is 1. The Bertz CT molecular complexity index is 213. The fraction of sp³-hybridized carbons (Fsp3) is 0.286. The summed E-state index contributed by atoms with van der Waals surface area (Å²) in [7, 11) is 0. The van der Waals surface area contributed by atoms with E-state index in [4.69, 9.17) is 11.6 Å². The molecule has 0 aliphatic heterocycles. The Balaban J connectivity index is 2.81. The fourth-order valence-electron chi connectivity index (χ4n) is 0.640. The summed E-state index contributed by atoms with van der Waals surface area (Å²) in [5.41, 5.74) is 0. The lowest BCUT2D eigenvalue weighted by Crippen LogP contribution is -1.98. The summed E-state index contributed by atoms with van der Waals surface area (Å²) < 4.78 is 0. The number of anilines is 1. The fourth-order valence-corrected chi connectivity index (χ4v) is 0.818. The van der Waals surface area contributed by atoms with Gasteiger partial charge in [0.1, 0.15) is 5.82 Å². The quantitative estimate of drug-likeness (QED) is 0.707. The van der Waals surface area contributed by atoms with Crippen molar-refractivity contribution >= 4 is 17.4 Å². The molecular formula is C7H8ClN2. The van der Waals surface area contributed by atoms with Gasteiger partial charge in [-0.2, -0.15) is 0 Å². The first kappa shape index (κ1) is 7.35. The average Bonchev–Trinajstić information content (AvgIpc) is 1.94. The Morgan fingerprint density at radius 1 is 1.80 bits per heavy atom. The van der Waals surface area contributed by atoms with Gasteiger partial charge in [-0.15, -0.1) is 0 Å². The van der Waals surface area contributed by atoms with Crippen molar-refractivity contribution in [3.8, 4) is 0 Å². The molecule has 1 aromatic heterocycles. The topological polar surface area (TPSA) is 24.9 Å². The van der Waals surface area contributed by atoms with Gasteiger partial charge in [0.25, 0.3) is 0 Å². The van der Waals surface area contributed by atoms with Crippen LogP contribution in [0.5, 0.6) is 0 Å². The maximum Gasteiger partial charge on any atom is 0.144 e. The van der Waals surface area contributed by atoms with Crippen LogP contribution in [0, 0.1) is 6.07 Å². The lowest BCUT2D eigenvalue weighted by atomic mass is 10.4. The molecule has 1 rings (SSSR count). The molecule has 0 amide bonds. The molecule has 0 aliphatic carbocycles. The summed E-state index contributed by atoms with van der Waals surface area (Å²) in [5, 5.41) is 3.63. The van der Waals surface area contributed by atoms with Crippen molar-refractivity contribution in [2.75, 3.05) is 11.9 Å². The lowest BCUT2D eigenvalue weighted by Gasteiger charge is -2.01. The lowest BCUT2D eigenvalue weighted by molar-refractivity contribution is 1.16. The molecule has 0 atom stereocenters. The molecule has 0 spiro atoms. The molecule has 10 heavy (non-hydrogen) atoms. The summed E-state index contributed by atoms with van der Waals surface area (Å²) in [6.45, 7) is 2.82. The van der Waals surface area contributed by atoms with E-state index in [0.717, 1.165) is 12.4 Å². The van der Waals surface area contributed by atoms with Crippen LogP contribution in [-0.2, 0) is 0 Å². The molecule has 2 nitrogen and oxygen atoms in total. The van der Waals surface area contributed by atoms with E-state index in [0.29, 0.717) is 5.02 Å². The number of pyridine rings is 1. The number of halogens is 1. The van der Waals surface area contributed by atoms with E-state index in [2.05, 4.69) is 16.4 Å². The van der Waals surface area contributed by atoms with Gasteiger partial charge in [-0.3, -0.25) is 0 Å². The van der Waals surface area contributed by atoms with Crippen molar-refractivity contribution < 1.29 is 0 Å². The number of hydrogen-bond acceptors (Lipinski definition) is 2.